The van der Waals surface area contributed by atoms with Crippen molar-refractivity contribution in [1.82, 2.24) is 15.3 Å². The summed E-state index contributed by atoms with van der Waals surface area (Å²) in [7, 11) is 1.55. The van der Waals surface area contributed by atoms with Gasteiger partial charge in [-0.25, -0.2) is 9.97 Å². The van der Waals surface area contributed by atoms with Gasteiger partial charge >= 0.3 is 0 Å². The van der Waals surface area contributed by atoms with Crippen molar-refractivity contribution < 1.29 is 4.79 Å². The van der Waals surface area contributed by atoms with Crippen molar-refractivity contribution in [2.24, 2.45) is 0 Å². The quantitative estimate of drug-likeness (QED) is 0.651. The van der Waals surface area contributed by atoms with Crippen molar-refractivity contribution in [3.05, 3.63) is 17.1 Å². The molecule has 0 spiro atoms. The third-order valence-electron chi connectivity index (χ3n) is 2.35. The van der Waals surface area contributed by atoms with Crippen LogP contribution < -0.4 is 11.1 Å². The third kappa shape index (κ3) is 1.30. The standard InChI is InChI=1S/C9H12N4O/c1-11-9(14)7-8(10)13-6-4-2-3-5(6)12-7/h2-4H2,1H3,(H2,10,13)(H,11,14). The molecular formula is C9H12N4O. The minimum Gasteiger partial charge on any atom is -0.382 e. The number of hydrogen-bond donors (Lipinski definition) is 2. The molecule has 74 valence electrons. The van der Waals surface area contributed by atoms with Crippen LogP contribution in [0, 0.1) is 0 Å². The largest absolute Gasteiger partial charge is 0.382 e. The van der Waals surface area contributed by atoms with Gasteiger partial charge < -0.3 is 11.1 Å². The number of anilines is 1. The van der Waals surface area contributed by atoms with Crippen LogP contribution in [0.1, 0.15) is 28.3 Å². The molecule has 0 saturated carbocycles. The summed E-state index contributed by atoms with van der Waals surface area (Å²) in [6, 6.07) is 0. The van der Waals surface area contributed by atoms with Crippen LogP contribution in [0.15, 0.2) is 0 Å². The molecule has 0 radical (unpaired) electrons. The van der Waals surface area contributed by atoms with E-state index in [1.54, 1.807) is 7.05 Å². The molecule has 0 aromatic carbocycles. The maximum absolute atomic E-state index is 11.3. The van der Waals surface area contributed by atoms with Gasteiger partial charge in [0.15, 0.2) is 11.5 Å². The second-order valence-corrected chi connectivity index (χ2v) is 3.28. The van der Waals surface area contributed by atoms with E-state index in [0.29, 0.717) is 0 Å². The Hall–Kier alpha value is -1.65. The van der Waals surface area contributed by atoms with E-state index in [1.165, 1.54) is 0 Å². The average molecular weight is 192 g/mol. The molecule has 1 aliphatic rings. The van der Waals surface area contributed by atoms with Crippen molar-refractivity contribution in [1.29, 1.82) is 0 Å². The molecule has 0 aliphatic heterocycles. The average Bonchev–Trinajstić information content (AvgIpc) is 2.62. The molecule has 1 aromatic heterocycles. The van der Waals surface area contributed by atoms with Crippen LogP contribution >= 0.6 is 0 Å². The van der Waals surface area contributed by atoms with Crippen molar-refractivity contribution in [2.45, 2.75) is 19.3 Å². The van der Waals surface area contributed by atoms with Gasteiger partial charge in [-0.05, 0) is 19.3 Å². The number of carbonyl (C=O) groups excluding carboxylic acids is 1. The van der Waals surface area contributed by atoms with Crippen molar-refractivity contribution in [2.75, 3.05) is 12.8 Å². The van der Waals surface area contributed by atoms with Crippen LogP contribution in [0.25, 0.3) is 0 Å². The van der Waals surface area contributed by atoms with Crippen molar-refractivity contribution >= 4 is 11.7 Å². The summed E-state index contributed by atoms with van der Waals surface area (Å²) in [5.74, 6) is -0.0466. The molecule has 0 bridgehead atoms. The number of nitrogens with one attached hydrogen (secondary N) is 1. The number of hydrogen-bond acceptors (Lipinski definition) is 4. The summed E-state index contributed by atoms with van der Waals surface area (Å²) in [5, 5.41) is 2.49. The number of amides is 1. The summed E-state index contributed by atoms with van der Waals surface area (Å²) < 4.78 is 0. The molecule has 3 N–H and O–H groups in total. The monoisotopic (exact) mass is 192 g/mol. The highest BCUT2D eigenvalue weighted by Crippen LogP contribution is 2.20. The Morgan fingerprint density at radius 3 is 2.64 bits per heavy atom. The summed E-state index contributed by atoms with van der Waals surface area (Å²) >= 11 is 0. The molecular weight excluding hydrogens is 180 g/mol. The molecule has 0 unspecified atom stereocenters. The molecule has 14 heavy (non-hydrogen) atoms. The fraction of sp³-hybridized carbons (Fsp3) is 0.444. The van der Waals surface area contributed by atoms with Gasteiger partial charge in [0.05, 0.1) is 11.4 Å². The zero-order valence-electron chi connectivity index (χ0n) is 8.00. The lowest BCUT2D eigenvalue weighted by Gasteiger charge is -2.05. The first-order valence-corrected chi connectivity index (χ1v) is 4.59. The Morgan fingerprint density at radius 2 is 2.00 bits per heavy atom. The second kappa shape index (κ2) is 3.25. The smallest absolute Gasteiger partial charge is 0.273 e. The molecule has 1 aliphatic carbocycles. The van der Waals surface area contributed by atoms with E-state index in [2.05, 4.69) is 15.3 Å². The normalized spacial score (nSPS) is 13.8. The Labute approximate surface area is 81.7 Å². The number of nitrogens with zero attached hydrogens (tertiary/aromatic N) is 2. The van der Waals surface area contributed by atoms with Crippen LogP contribution in [-0.4, -0.2) is 22.9 Å². The summed E-state index contributed by atoms with van der Waals surface area (Å²) in [6.45, 7) is 0. The topological polar surface area (TPSA) is 80.9 Å². The maximum Gasteiger partial charge on any atom is 0.273 e. The second-order valence-electron chi connectivity index (χ2n) is 3.28. The molecule has 5 heteroatoms. The number of fused-ring (bicyclic) bond motifs is 1. The van der Waals surface area contributed by atoms with E-state index in [0.717, 1.165) is 30.7 Å². The molecule has 1 aromatic rings. The first-order chi connectivity index (χ1) is 6.72. The fourth-order valence-corrected chi connectivity index (χ4v) is 1.63. The van der Waals surface area contributed by atoms with Gasteiger partial charge in [0.25, 0.3) is 5.91 Å². The minimum atomic E-state index is -0.273. The lowest BCUT2D eigenvalue weighted by Crippen LogP contribution is -2.22. The lowest BCUT2D eigenvalue weighted by molar-refractivity contribution is 0.0958. The molecule has 1 heterocycles. The van der Waals surface area contributed by atoms with Crippen molar-refractivity contribution in [3.8, 4) is 0 Å². The van der Waals surface area contributed by atoms with E-state index >= 15 is 0 Å². The van der Waals surface area contributed by atoms with Gasteiger partial charge in [-0.3, -0.25) is 4.79 Å². The molecule has 1 amide bonds. The Balaban J connectivity index is 2.47. The number of carbonyl (C=O) groups is 1. The van der Waals surface area contributed by atoms with Crippen LogP contribution in [0.4, 0.5) is 5.82 Å². The van der Waals surface area contributed by atoms with E-state index in [-0.39, 0.29) is 17.4 Å². The van der Waals surface area contributed by atoms with E-state index < -0.39 is 0 Å². The molecule has 0 fully saturated rings. The van der Waals surface area contributed by atoms with E-state index in [9.17, 15) is 4.79 Å². The molecule has 0 atom stereocenters. The molecule has 5 nitrogen and oxygen atoms in total. The highest BCUT2D eigenvalue weighted by Gasteiger charge is 2.19. The molecule has 0 saturated heterocycles. The van der Waals surface area contributed by atoms with Crippen LogP contribution in [0.3, 0.4) is 0 Å². The van der Waals surface area contributed by atoms with Gasteiger partial charge in [-0.2, -0.15) is 0 Å². The third-order valence-corrected chi connectivity index (χ3v) is 2.35. The maximum atomic E-state index is 11.3. The summed E-state index contributed by atoms with van der Waals surface area (Å²) in [5.41, 5.74) is 7.73. The van der Waals surface area contributed by atoms with Gasteiger partial charge in [-0.15, -0.1) is 0 Å². The number of nitrogens with two attached hydrogens (primary N) is 1. The predicted octanol–water partition coefficient (Wildman–Crippen LogP) is -0.0929. The van der Waals surface area contributed by atoms with Crippen molar-refractivity contribution in [3.63, 3.8) is 0 Å². The number of nitrogen functional groups attached to an aromatic ring is 1. The minimum absolute atomic E-state index is 0.227. The first-order valence-electron chi connectivity index (χ1n) is 4.59. The number of aryl methyl sites for hydroxylation is 2. The van der Waals surface area contributed by atoms with Crippen LogP contribution in [-0.2, 0) is 12.8 Å². The highest BCUT2D eigenvalue weighted by atomic mass is 16.1. The van der Waals surface area contributed by atoms with Crippen LogP contribution in [0.5, 0.6) is 0 Å². The predicted molar refractivity (Wildman–Crippen MR) is 51.9 cm³/mol. The molecule has 2 rings (SSSR count). The fourth-order valence-electron chi connectivity index (χ4n) is 1.63. The SMILES string of the molecule is CNC(=O)c1nc2c(nc1N)CCC2. The Kier molecular flexibility index (Phi) is 2.07. The van der Waals surface area contributed by atoms with E-state index in [4.69, 9.17) is 5.73 Å². The summed E-state index contributed by atoms with van der Waals surface area (Å²) in [4.78, 5) is 19.7. The first kappa shape index (κ1) is 8.93. The number of aromatic nitrogens is 2. The Bertz CT molecular complexity index is 389. The van der Waals surface area contributed by atoms with Gasteiger partial charge in [-0.1, -0.05) is 0 Å². The highest BCUT2D eigenvalue weighted by molar-refractivity contribution is 5.96. The van der Waals surface area contributed by atoms with Gasteiger partial charge in [0, 0.05) is 7.05 Å². The van der Waals surface area contributed by atoms with Gasteiger partial charge in [0.2, 0.25) is 0 Å². The lowest BCUT2D eigenvalue weighted by atomic mass is 10.3. The Morgan fingerprint density at radius 1 is 1.36 bits per heavy atom. The van der Waals surface area contributed by atoms with E-state index in [1.807, 2.05) is 0 Å². The number of rotatable bonds is 1. The van der Waals surface area contributed by atoms with Crippen LogP contribution in [0.2, 0.25) is 0 Å². The zero-order chi connectivity index (χ0) is 10.1. The summed E-state index contributed by atoms with van der Waals surface area (Å²) in [6.07, 6.45) is 2.86. The zero-order valence-corrected chi connectivity index (χ0v) is 8.00. The van der Waals surface area contributed by atoms with Gasteiger partial charge in [0.1, 0.15) is 0 Å².